The molecule has 0 radical (unpaired) electrons. The molecule has 126 valence electrons. The molecule has 7 nitrogen and oxygen atoms in total. The third-order valence-electron chi connectivity index (χ3n) is 3.45. The van der Waals surface area contributed by atoms with Gasteiger partial charge in [-0.15, -0.1) is 11.3 Å². The lowest BCUT2D eigenvalue weighted by Gasteiger charge is -2.12. The van der Waals surface area contributed by atoms with Gasteiger partial charge in [-0.1, -0.05) is 0 Å². The highest BCUT2D eigenvalue weighted by atomic mass is 32.1. The number of methoxy groups -OCH3 is 1. The van der Waals surface area contributed by atoms with E-state index in [0.717, 1.165) is 0 Å². The minimum atomic E-state index is -0.416. The third kappa shape index (κ3) is 3.77. The van der Waals surface area contributed by atoms with Gasteiger partial charge in [0.1, 0.15) is 15.5 Å². The highest BCUT2D eigenvalue weighted by Crippen LogP contribution is 2.28. The first kappa shape index (κ1) is 17.6. The molecule has 0 saturated heterocycles. The number of thiophene rings is 1. The van der Waals surface area contributed by atoms with Crippen molar-refractivity contribution in [2.45, 2.75) is 26.8 Å². The lowest BCUT2D eigenvalue weighted by Crippen LogP contribution is -2.26. The van der Waals surface area contributed by atoms with Gasteiger partial charge in [-0.3, -0.25) is 4.79 Å². The summed E-state index contributed by atoms with van der Waals surface area (Å²) in [5.74, 6) is 0.121. The number of nitrogens with one attached hydrogen (secondary N) is 2. The summed E-state index contributed by atoms with van der Waals surface area (Å²) in [7, 11) is 1.63. The van der Waals surface area contributed by atoms with Gasteiger partial charge in [0.25, 0.3) is 5.56 Å². The van der Waals surface area contributed by atoms with Crippen molar-refractivity contribution in [1.29, 1.82) is 0 Å². The van der Waals surface area contributed by atoms with E-state index < -0.39 is 5.97 Å². The molecule has 2 N–H and O–H groups in total. The number of hydrogen-bond acceptors (Lipinski definition) is 7. The van der Waals surface area contributed by atoms with Crippen molar-refractivity contribution in [1.82, 2.24) is 15.3 Å². The first-order valence-corrected chi connectivity index (χ1v) is 8.24. The summed E-state index contributed by atoms with van der Waals surface area (Å²) in [5.41, 5.74) is 0.374. The van der Waals surface area contributed by atoms with Crippen molar-refractivity contribution in [2.75, 3.05) is 26.9 Å². The van der Waals surface area contributed by atoms with Gasteiger partial charge >= 0.3 is 5.97 Å². The van der Waals surface area contributed by atoms with E-state index in [-0.39, 0.29) is 11.6 Å². The Morgan fingerprint density at radius 3 is 2.87 bits per heavy atom. The maximum absolute atomic E-state index is 12.4. The first-order chi connectivity index (χ1) is 11.0. The standard InChI is InChI=1S/C15H21N3O4S/c1-5-22-15(20)11-8(2)10-13(19)17-12(18-14(10)23-11)9(3)16-6-7-21-4/h9,16H,5-7H2,1-4H3,(H,17,18,19)/t9-/m1/s1. The predicted molar refractivity (Wildman–Crippen MR) is 89.2 cm³/mol. The number of rotatable bonds is 7. The number of fused-ring (bicyclic) bond motifs is 1. The van der Waals surface area contributed by atoms with Gasteiger partial charge in [0, 0.05) is 13.7 Å². The number of ether oxygens (including phenoxy) is 2. The second-order valence-electron chi connectivity index (χ2n) is 5.08. The van der Waals surface area contributed by atoms with Crippen LogP contribution < -0.4 is 10.9 Å². The number of hydrogen-bond donors (Lipinski definition) is 2. The second kappa shape index (κ2) is 7.67. The van der Waals surface area contributed by atoms with Crippen molar-refractivity contribution in [3.8, 4) is 0 Å². The fourth-order valence-electron chi connectivity index (χ4n) is 2.23. The molecule has 0 fully saturated rings. The average molecular weight is 339 g/mol. The number of aromatic amines is 1. The van der Waals surface area contributed by atoms with Crippen LogP contribution in [-0.2, 0) is 9.47 Å². The summed E-state index contributed by atoms with van der Waals surface area (Å²) < 4.78 is 10.0. The van der Waals surface area contributed by atoms with Crippen molar-refractivity contribution >= 4 is 27.5 Å². The zero-order valence-electron chi connectivity index (χ0n) is 13.7. The topological polar surface area (TPSA) is 93.3 Å². The Hall–Kier alpha value is -1.77. The Balaban J connectivity index is 2.38. The molecule has 2 aromatic heterocycles. The van der Waals surface area contributed by atoms with Crippen molar-refractivity contribution in [3.05, 3.63) is 26.6 Å². The summed E-state index contributed by atoms with van der Waals surface area (Å²) in [5, 5.41) is 3.66. The van der Waals surface area contributed by atoms with Crippen LogP contribution in [0.25, 0.3) is 10.2 Å². The number of carbonyl (C=O) groups excluding carboxylic acids is 1. The molecule has 0 bridgehead atoms. The number of carbonyl (C=O) groups is 1. The zero-order chi connectivity index (χ0) is 17.0. The van der Waals surface area contributed by atoms with Crippen LogP contribution >= 0.6 is 11.3 Å². The van der Waals surface area contributed by atoms with E-state index in [9.17, 15) is 9.59 Å². The Kier molecular flexibility index (Phi) is 5.86. The van der Waals surface area contributed by atoms with Crippen LogP contribution in [-0.4, -0.2) is 42.8 Å². The van der Waals surface area contributed by atoms with Crippen molar-refractivity contribution in [2.24, 2.45) is 0 Å². The van der Waals surface area contributed by atoms with Gasteiger partial charge in [0.15, 0.2) is 0 Å². The molecule has 0 aliphatic rings. The van der Waals surface area contributed by atoms with Crippen LogP contribution in [0.15, 0.2) is 4.79 Å². The van der Waals surface area contributed by atoms with Crippen LogP contribution in [0.2, 0.25) is 0 Å². The summed E-state index contributed by atoms with van der Waals surface area (Å²) >= 11 is 1.19. The third-order valence-corrected chi connectivity index (χ3v) is 4.61. The van der Waals surface area contributed by atoms with Crippen molar-refractivity contribution < 1.29 is 14.3 Å². The molecule has 0 aliphatic carbocycles. The Labute approximate surface area is 138 Å². The summed E-state index contributed by atoms with van der Waals surface area (Å²) in [6, 6.07) is -0.129. The number of H-pyrrole nitrogens is 1. The quantitative estimate of drug-likeness (QED) is 0.590. The molecular formula is C15H21N3O4S. The van der Waals surface area contributed by atoms with Gasteiger partial charge in [-0.05, 0) is 26.3 Å². The number of aromatic nitrogens is 2. The van der Waals surface area contributed by atoms with Crippen LogP contribution in [0.5, 0.6) is 0 Å². The van der Waals surface area contributed by atoms with E-state index in [1.165, 1.54) is 11.3 Å². The zero-order valence-corrected chi connectivity index (χ0v) is 14.5. The number of nitrogens with zero attached hydrogens (tertiary/aromatic N) is 1. The number of aryl methyl sites for hydroxylation is 1. The maximum atomic E-state index is 12.4. The highest BCUT2D eigenvalue weighted by molar-refractivity contribution is 7.20. The van der Waals surface area contributed by atoms with Gasteiger partial charge < -0.3 is 19.8 Å². The molecular weight excluding hydrogens is 318 g/mol. The van der Waals surface area contributed by atoms with Gasteiger partial charge in [0.2, 0.25) is 0 Å². The molecule has 0 aliphatic heterocycles. The second-order valence-corrected chi connectivity index (χ2v) is 6.08. The molecule has 23 heavy (non-hydrogen) atoms. The van der Waals surface area contributed by atoms with E-state index in [0.29, 0.717) is 46.2 Å². The molecule has 0 unspecified atom stereocenters. The summed E-state index contributed by atoms with van der Waals surface area (Å²) in [4.78, 5) is 32.6. The monoisotopic (exact) mass is 339 g/mol. The van der Waals surface area contributed by atoms with Crippen LogP contribution in [0.4, 0.5) is 0 Å². The molecule has 0 spiro atoms. The molecule has 0 amide bonds. The normalized spacial score (nSPS) is 12.5. The molecule has 0 aromatic carbocycles. The molecule has 8 heteroatoms. The van der Waals surface area contributed by atoms with E-state index in [1.54, 1.807) is 21.0 Å². The Morgan fingerprint density at radius 2 is 2.22 bits per heavy atom. The van der Waals surface area contributed by atoms with E-state index in [4.69, 9.17) is 9.47 Å². The predicted octanol–water partition coefficient (Wildman–Crippen LogP) is 1.77. The van der Waals surface area contributed by atoms with E-state index in [1.807, 2.05) is 6.92 Å². The molecule has 0 saturated carbocycles. The SMILES string of the molecule is CCOC(=O)c1sc2nc([C@@H](C)NCCOC)[nH]c(=O)c2c1C. The Morgan fingerprint density at radius 1 is 1.48 bits per heavy atom. The van der Waals surface area contributed by atoms with Crippen LogP contribution in [0.3, 0.4) is 0 Å². The summed E-state index contributed by atoms with van der Waals surface area (Å²) in [6.45, 7) is 6.91. The fraction of sp³-hybridized carbons (Fsp3) is 0.533. The largest absolute Gasteiger partial charge is 0.462 e. The fourth-order valence-corrected chi connectivity index (χ4v) is 3.31. The molecule has 2 rings (SSSR count). The lowest BCUT2D eigenvalue weighted by atomic mass is 10.2. The first-order valence-electron chi connectivity index (χ1n) is 7.42. The highest BCUT2D eigenvalue weighted by Gasteiger charge is 2.21. The minimum Gasteiger partial charge on any atom is -0.462 e. The molecule has 2 heterocycles. The Bertz CT molecular complexity index is 753. The molecule has 2 aromatic rings. The molecule has 1 atom stereocenters. The average Bonchev–Trinajstić information content (AvgIpc) is 2.85. The minimum absolute atomic E-state index is 0.129. The lowest BCUT2D eigenvalue weighted by molar-refractivity contribution is 0.0531. The summed E-state index contributed by atoms with van der Waals surface area (Å²) in [6.07, 6.45) is 0. The smallest absolute Gasteiger partial charge is 0.348 e. The van der Waals surface area contributed by atoms with Gasteiger partial charge in [0.05, 0.1) is 24.6 Å². The van der Waals surface area contributed by atoms with Gasteiger partial charge in [-0.2, -0.15) is 0 Å². The maximum Gasteiger partial charge on any atom is 0.348 e. The van der Waals surface area contributed by atoms with Crippen molar-refractivity contribution in [3.63, 3.8) is 0 Å². The van der Waals surface area contributed by atoms with Gasteiger partial charge in [-0.25, -0.2) is 9.78 Å². The van der Waals surface area contributed by atoms with E-state index in [2.05, 4.69) is 15.3 Å². The number of esters is 1. The van der Waals surface area contributed by atoms with Crippen LogP contribution in [0, 0.1) is 6.92 Å². The van der Waals surface area contributed by atoms with E-state index >= 15 is 0 Å². The van der Waals surface area contributed by atoms with Crippen LogP contribution in [0.1, 0.15) is 40.9 Å².